The number of ether oxygens (including phenoxy) is 4. The van der Waals surface area contributed by atoms with Gasteiger partial charge in [-0.15, -0.1) is 0 Å². The van der Waals surface area contributed by atoms with Crippen LogP contribution in [-0.4, -0.2) is 95.5 Å². The smallest absolute Gasteiger partial charge is 0.310 e. The van der Waals surface area contributed by atoms with Crippen molar-refractivity contribution in [2.75, 3.05) is 28.3 Å². The standard InChI is InChI=1S/C46H64N2O10.2BrH/c1-30(49)57-40-19-13-32(22-42(40)55-5)28-47(3)36-15-16-37(47)25-34(24-36)46(45(53)54,21-11-9-7-8-10-12-44(51)52)35-26-38-17-18-39(27-35)48(38,4)29-33-14-20-41(58-31(2)50)43(23-33)56-6;;/h13-14,19-20,22-23,34-39H,7-12,15-18,21,24-29H2,1-6H3;2*1H. The minimum atomic E-state index is -0.830. The molecule has 2 aromatic carbocycles. The number of carboxylic acids is 2. The van der Waals surface area contributed by atoms with E-state index in [2.05, 4.69) is 14.1 Å². The molecule has 0 radical (unpaired) electrons. The number of unbranched alkanes of at least 4 members (excludes halogenated alkanes) is 4. The number of methoxy groups -OCH3 is 2. The first-order chi connectivity index (χ1) is 27.6. The maximum atomic E-state index is 14.2. The van der Waals surface area contributed by atoms with Gasteiger partial charge in [-0.3, -0.25) is 19.2 Å². The third-order valence-corrected chi connectivity index (χ3v) is 15.1. The van der Waals surface area contributed by atoms with Crippen molar-refractivity contribution in [1.29, 1.82) is 0 Å². The summed E-state index contributed by atoms with van der Waals surface area (Å²) in [4.78, 5) is 48.7. The number of quaternary nitrogens is 2. The number of aliphatic carboxylic acids is 2. The zero-order valence-corrected chi connectivity index (χ0v) is 39.4. The van der Waals surface area contributed by atoms with Crippen LogP contribution in [0, 0.1) is 17.3 Å². The number of piperidine rings is 2. The number of esters is 2. The molecule has 4 aliphatic heterocycles. The van der Waals surface area contributed by atoms with Gasteiger partial charge in [0.05, 0.1) is 57.9 Å². The van der Waals surface area contributed by atoms with E-state index < -0.39 is 29.3 Å². The van der Waals surface area contributed by atoms with Gasteiger partial charge >= 0.3 is 23.9 Å². The summed E-state index contributed by atoms with van der Waals surface area (Å²) < 4.78 is 23.7. The number of carbonyl (C=O) groups excluding carboxylic acids is 2. The van der Waals surface area contributed by atoms with Gasteiger partial charge in [-0.2, -0.15) is 0 Å². The van der Waals surface area contributed by atoms with E-state index in [-0.39, 0.29) is 52.2 Å². The van der Waals surface area contributed by atoms with Crippen LogP contribution in [0.2, 0.25) is 0 Å². The van der Waals surface area contributed by atoms with Crippen LogP contribution in [0.1, 0.15) is 121 Å². The van der Waals surface area contributed by atoms with Gasteiger partial charge < -0.3 is 72.1 Å². The molecule has 0 aliphatic carbocycles. The minimum Gasteiger partial charge on any atom is -1.00 e. The molecule has 14 heteroatoms. The van der Waals surface area contributed by atoms with E-state index in [9.17, 15) is 24.3 Å². The number of fused-ring (bicyclic) bond motifs is 4. The first-order valence-electron chi connectivity index (χ1n) is 21.5. The molecule has 60 heavy (non-hydrogen) atoms. The molecule has 0 aromatic heterocycles. The zero-order valence-electron chi connectivity index (χ0n) is 36.3. The van der Waals surface area contributed by atoms with E-state index in [4.69, 9.17) is 24.1 Å². The molecule has 2 aromatic rings. The van der Waals surface area contributed by atoms with Gasteiger partial charge in [0.1, 0.15) is 13.1 Å². The summed E-state index contributed by atoms with van der Waals surface area (Å²) in [5.74, 6) is -0.169. The molecule has 6 rings (SSSR count). The molecule has 0 spiro atoms. The highest BCUT2D eigenvalue weighted by Crippen LogP contribution is 2.59. The zero-order chi connectivity index (χ0) is 41.8. The molecule has 4 saturated heterocycles. The number of carboxylic acid groups (broad SMARTS) is 2. The van der Waals surface area contributed by atoms with Gasteiger partial charge in [0, 0.05) is 82.8 Å². The minimum absolute atomic E-state index is 0. The summed E-state index contributed by atoms with van der Waals surface area (Å²) in [7, 11) is 7.86. The third kappa shape index (κ3) is 10.3. The molecule has 4 fully saturated rings. The van der Waals surface area contributed by atoms with Crippen molar-refractivity contribution in [2.45, 2.75) is 147 Å². The summed E-state index contributed by atoms with van der Waals surface area (Å²) in [5, 5.41) is 20.8. The molecule has 0 amide bonds. The molecule has 2 N–H and O–H groups in total. The average Bonchev–Trinajstić information content (AvgIpc) is 3.39. The van der Waals surface area contributed by atoms with Crippen molar-refractivity contribution in [3.05, 3.63) is 47.5 Å². The SMILES string of the molecule is COc1cc(C[N+]2(C)C3CCC2CC(C(CCCCCCCC(=O)O)(C(=O)O)C2CC4CCC(C2)[N+]4(C)Cc2ccc(OC(C)=O)c(OC)c2)C3)ccc1OC(C)=O.[Br-].[Br-]. The van der Waals surface area contributed by atoms with E-state index in [1.165, 1.54) is 13.8 Å². The lowest BCUT2D eigenvalue weighted by Crippen LogP contribution is -3.00. The summed E-state index contributed by atoms with van der Waals surface area (Å²) >= 11 is 0. The van der Waals surface area contributed by atoms with E-state index in [0.29, 0.717) is 60.0 Å². The normalized spacial score (nSPS) is 28.6. The van der Waals surface area contributed by atoms with Gasteiger partial charge in [0.25, 0.3) is 0 Å². The van der Waals surface area contributed by atoms with E-state index in [1.807, 2.05) is 36.4 Å². The number of rotatable bonds is 19. The summed E-state index contributed by atoms with van der Waals surface area (Å²) in [6.45, 7) is 4.35. The number of halogens is 2. The molecule has 4 aliphatic rings. The fraction of sp³-hybridized carbons (Fsp3) is 0.652. The van der Waals surface area contributed by atoms with Gasteiger partial charge in [0.15, 0.2) is 23.0 Å². The van der Waals surface area contributed by atoms with Crippen molar-refractivity contribution in [3.63, 3.8) is 0 Å². The van der Waals surface area contributed by atoms with Crippen molar-refractivity contribution in [2.24, 2.45) is 17.3 Å². The molecule has 4 unspecified atom stereocenters. The lowest BCUT2D eigenvalue weighted by Gasteiger charge is -2.55. The van der Waals surface area contributed by atoms with E-state index >= 15 is 0 Å². The van der Waals surface area contributed by atoms with E-state index in [1.54, 1.807) is 14.2 Å². The highest BCUT2D eigenvalue weighted by atomic mass is 79.9. The molecular weight excluding hydrogens is 900 g/mol. The quantitative estimate of drug-likeness (QED) is 0.0929. The molecule has 4 atom stereocenters. The second-order valence-electron chi connectivity index (χ2n) is 18.3. The van der Waals surface area contributed by atoms with Crippen LogP contribution in [0.4, 0.5) is 0 Å². The molecular formula is C46H66Br2N2O10. The Bertz CT molecular complexity index is 1700. The number of carbonyl (C=O) groups is 4. The number of benzene rings is 2. The first kappa shape index (κ1) is 49.5. The van der Waals surface area contributed by atoms with Crippen molar-refractivity contribution < 1.29 is 91.3 Å². The number of nitrogens with zero attached hydrogens (tertiary/aromatic N) is 2. The second-order valence-corrected chi connectivity index (χ2v) is 18.3. The third-order valence-electron chi connectivity index (χ3n) is 15.1. The lowest BCUT2D eigenvalue weighted by molar-refractivity contribution is -0.963. The predicted octanol–water partition coefficient (Wildman–Crippen LogP) is 1.92. The molecule has 4 bridgehead atoms. The maximum Gasteiger partial charge on any atom is 0.310 e. The van der Waals surface area contributed by atoms with Crippen molar-refractivity contribution >= 4 is 23.9 Å². The molecule has 334 valence electrons. The van der Waals surface area contributed by atoms with Crippen LogP contribution in [-0.2, 0) is 32.3 Å². The fourth-order valence-corrected chi connectivity index (χ4v) is 12.2. The Kier molecular flexibility index (Phi) is 17.1. The second kappa shape index (κ2) is 20.8. The van der Waals surface area contributed by atoms with Crippen LogP contribution in [0.15, 0.2) is 36.4 Å². The highest BCUT2D eigenvalue weighted by Gasteiger charge is 2.63. The Balaban J connectivity index is 0.00000397. The Morgan fingerprint density at radius 2 is 1.00 bits per heavy atom. The van der Waals surface area contributed by atoms with Gasteiger partial charge in [-0.05, 0) is 61.1 Å². The Morgan fingerprint density at radius 1 is 0.617 bits per heavy atom. The topological polar surface area (TPSA) is 146 Å². The average molecular weight is 967 g/mol. The van der Waals surface area contributed by atoms with Crippen LogP contribution in [0.3, 0.4) is 0 Å². The summed E-state index contributed by atoms with van der Waals surface area (Å²) in [6.07, 6.45) is 12.8. The number of hydrogen-bond acceptors (Lipinski definition) is 8. The molecule has 4 heterocycles. The largest absolute Gasteiger partial charge is 1.00 e. The van der Waals surface area contributed by atoms with Crippen molar-refractivity contribution in [3.8, 4) is 23.0 Å². The predicted molar refractivity (Wildman–Crippen MR) is 217 cm³/mol. The van der Waals surface area contributed by atoms with E-state index in [0.717, 1.165) is 110 Å². The molecule has 0 saturated carbocycles. The Hall–Kier alpha value is -3.20. The van der Waals surface area contributed by atoms with Gasteiger partial charge in [0.2, 0.25) is 0 Å². The first-order valence-corrected chi connectivity index (χ1v) is 21.5. The van der Waals surface area contributed by atoms with Crippen LogP contribution < -0.4 is 52.9 Å². The fourth-order valence-electron chi connectivity index (χ4n) is 12.2. The Morgan fingerprint density at radius 3 is 1.35 bits per heavy atom. The Labute approximate surface area is 377 Å². The summed E-state index contributed by atoms with van der Waals surface area (Å²) in [6, 6.07) is 13.0. The highest BCUT2D eigenvalue weighted by molar-refractivity contribution is 5.76. The van der Waals surface area contributed by atoms with Gasteiger partial charge in [-0.1, -0.05) is 25.7 Å². The maximum absolute atomic E-state index is 14.2. The lowest BCUT2D eigenvalue weighted by atomic mass is 9.56. The van der Waals surface area contributed by atoms with Crippen molar-refractivity contribution in [1.82, 2.24) is 0 Å². The summed E-state index contributed by atoms with van der Waals surface area (Å²) in [5.41, 5.74) is 1.39. The van der Waals surface area contributed by atoms with Crippen LogP contribution >= 0.6 is 0 Å². The van der Waals surface area contributed by atoms with Crippen LogP contribution in [0.25, 0.3) is 0 Å². The monoisotopic (exact) mass is 964 g/mol. The number of hydrogen-bond donors (Lipinski definition) is 2. The van der Waals surface area contributed by atoms with Gasteiger partial charge in [-0.25, -0.2) is 0 Å². The molecule has 12 nitrogen and oxygen atoms in total. The van der Waals surface area contributed by atoms with Crippen LogP contribution in [0.5, 0.6) is 23.0 Å².